The van der Waals surface area contributed by atoms with Crippen molar-refractivity contribution in [3.8, 4) is 11.5 Å². The molecule has 1 amide bonds. The van der Waals surface area contributed by atoms with Gasteiger partial charge in [-0.05, 0) is 31.2 Å². The van der Waals surface area contributed by atoms with Gasteiger partial charge in [-0.25, -0.2) is 8.42 Å². The Morgan fingerprint density at radius 3 is 2.55 bits per heavy atom. The summed E-state index contributed by atoms with van der Waals surface area (Å²) in [5, 5.41) is 12.7. The number of benzene rings is 2. The van der Waals surface area contributed by atoms with E-state index in [-0.39, 0.29) is 23.6 Å². The molecule has 1 unspecified atom stereocenters. The van der Waals surface area contributed by atoms with Crippen LogP contribution < -0.4 is 14.8 Å². The van der Waals surface area contributed by atoms with Gasteiger partial charge in [-0.3, -0.25) is 9.59 Å². The fourth-order valence-corrected chi connectivity index (χ4v) is 5.29. The molecule has 0 spiro atoms. The van der Waals surface area contributed by atoms with Gasteiger partial charge in [-0.15, -0.1) is 0 Å². The first-order valence-electron chi connectivity index (χ1n) is 10.4. The van der Waals surface area contributed by atoms with Crippen LogP contribution in [-0.2, 0) is 24.3 Å². The molecule has 176 valence electrons. The number of nitrogens with zero attached hydrogens (tertiary/aromatic N) is 1. The van der Waals surface area contributed by atoms with Crippen molar-refractivity contribution < 1.29 is 37.3 Å². The average molecular weight is 477 g/mol. The van der Waals surface area contributed by atoms with Crippen molar-refractivity contribution in [2.45, 2.75) is 30.4 Å². The fourth-order valence-electron chi connectivity index (χ4n) is 3.65. The molecular weight excluding hydrogens is 452 g/mol. The number of hydrogen-bond acceptors (Lipinski definition) is 8. The highest BCUT2D eigenvalue weighted by molar-refractivity contribution is 7.89. The van der Waals surface area contributed by atoms with E-state index in [1.165, 1.54) is 18.2 Å². The summed E-state index contributed by atoms with van der Waals surface area (Å²) in [6.45, 7) is 1.71. The first-order valence-corrected chi connectivity index (χ1v) is 11.8. The van der Waals surface area contributed by atoms with Crippen LogP contribution in [0.25, 0.3) is 0 Å². The fraction of sp³-hybridized carbons (Fsp3) is 0.364. The normalized spacial score (nSPS) is 20.3. The third-order valence-corrected chi connectivity index (χ3v) is 7.18. The van der Waals surface area contributed by atoms with Gasteiger partial charge in [0.2, 0.25) is 10.0 Å². The number of aliphatic hydroxyl groups excluding tert-OH is 1. The lowest BCUT2D eigenvalue weighted by atomic mass is 10.2. The molecule has 2 aromatic rings. The van der Waals surface area contributed by atoms with Crippen molar-refractivity contribution in [3.05, 3.63) is 48.0 Å². The minimum Gasteiger partial charge on any atom is -0.486 e. The number of amides is 1. The smallest absolute Gasteiger partial charge is 0.325 e. The molecule has 2 aliphatic rings. The topological polar surface area (TPSA) is 131 Å². The Hall–Kier alpha value is -3.15. The SMILES string of the molecule is Cc1ccc(NC(=O)COC(=O)[C@@H]2CC(O)CN2S(=O)(=O)c2ccc3c(c2)OCCO3)cc1. The molecular formula is C22H24N2O8S. The van der Waals surface area contributed by atoms with E-state index in [0.29, 0.717) is 24.7 Å². The summed E-state index contributed by atoms with van der Waals surface area (Å²) in [6, 6.07) is 9.97. The van der Waals surface area contributed by atoms with Gasteiger partial charge in [0.15, 0.2) is 18.1 Å². The second-order valence-electron chi connectivity index (χ2n) is 7.81. The van der Waals surface area contributed by atoms with Crippen molar-refractivity contribution >= 4 is 27.6 Å². The Kier molecular flexibility index (Phi) is 6.54. The summed E-state index contributed by atoms with van der Waals surface area (Å²) in [7, 11) is -4.15. The Bertz CT molecular complexity index is 1150. The molecule has 0 radical (unpaired) electrons. The molecule has 4 rings (SSSR count). The Balaban J connectivity index is 1.43. The molecule has 2 aliphatic heterocycles. The summed E-state index contributed by atoms with van der Waals surface area (Å²) >= 11 is 0. The second-order valence-corrected chi connectivity index (χ2v) is 9.70. The molecule has 0 aromatic heterocycles. The largest absolute Gasteiger partial charge is 0.486 e. The lowest BCUT2D eigenvalue weighted by Crippen LogP contribution is -2.42. The van der Waals surface area contributed by atoms with Crippen molar-refractivity contribution in [1.29, 1.82) is 0 Å². The summed E-state index contributed by atoms with van der Waals surface area (Å²) in [4.78, 5) is 24.7. The van der Waals surface area contributed by atoms with E-state index in [0.717, 1.165) is 9.87 Å². The Morgan fingerprint density at radius 1 is 1.12 bits per heavy atom. The number of aliphatic hydroxyl groups is 1. The van der Waals surface area contributed by atoms with Crippen LogP contribution in [-0.4, -0.2) is 68.2 Å². The quantitative estimate of drug-likeness (QED) is 0.592. The molecule has 0 aliphatic carbocycles. The van der Waals surface area contributed by atoms with Crippen molar-refractivity contribution in [3.63, 3.8) is 0 Å². The molecule has 0 saturated carbocycles. The molecule has 10 nitrogen and oxygen atoms in total. The van der Waals surface area contributed by atoms with E-state index < -0.39 is 40.7 Å². The lowest BCUT2D eigenvalue weighted by Gasteiger charge is -2.24. The summed E-state index contributed by atoms with van der Waals surface area (Å²) in [5.74, 6) is -0.759. The molecule has 2 N–H and O–H groups in total. The third-order valence-electron chi connectivity index (χ3n) is 5.31. The number of anilines is 1. The van der Waals surface area contributed by atoms with Gasteiger partial charge in [0.05, 0.1) is 11.0 Å². The first-order chi connectivity index (χ1) is 15.7. The van der Waals surface area contributed by atoms with Crippen LogP contribution in [0.3, 0.4) is 0 Å². The predicted octanol–water partition coefficient (Wildman–Crippen LogP) is 1.07. The van der Waals surface area contributed by atoms with Crippen LogP contribution in [0.1, 0.15) is 12.0 Å². The molecule has 1 saturated heterocycles. The number of carbonyl (C=O) groups is 2. The minimum absolute atomic E-state index is 0.101. The highest BCUT2D eigenvalue weighted by Crippen LogP contribution is 2.35. The monoisotopic (exact) mass is 476 g/mol. The zero-order valence-electron chi connectivity index (χ0n) is 17.9. The van der Waals surface area contributed by atoms with Gasteiger partial charge in [0, 0.05) is 24.7 Å². The van der Waals surface area contributed by atoms with Gasteiger partial charge >= 0.3 is 5.97 Å². The number of esters is 1. The van der Waals surface area contributed by atoms with Crippen molar-refractivity contribution in [2.24, 2.45) is 0 Å². The number of carbonyl (C=O) groups excluding carboxylic acids is 2. The number of aryl methyl sites for hydroxylation is 1. The van der Waals surface area contributed by atoms with Gasteiger partial charge in [0.1, 0.15) is 19.3 Å². The maximum atomic E-state index is 13.2. The number of ether oxygens (including phenoxy) is 3. The number of β-amino-alcohol motifs (C(OH)–C–C–N with tert-alkyl or cyclic N) is 1. The molecule has 0 bridgehead atoms. The predicted molar refractivity (Wildman–Crippen MR) is 117 cm³/mol. The van der Waals surface area contributed by atoms with Crippen LogP contribution in [0.15, 0.2) is 47.4 Å². The van der Waals surface area contributed by atoms with Crippen LogP contribution in [0.5, 0.6) is 11.5 Å². The molecule has 2 atom stereocenters. The number of nitrogens with one attached hydrogen (secondary N) is 1. The van der Waals surface area contributed by atoms with Crippen LogP contribution in [0, 0.1) is 6.92 Å². The van der Waals surface area contributed by atoms with Crippen LogP contribution in [0.4, 0.5) is 5.69 Å². The zero-order chi connectivity index (χ0) is 23.6. The Labute approximate surface area is 191 Å². The van der Waals surface area contributed by atoms with E-state index in [1.54, 1.807) is 12.1 Å². The first kappa shape index (κ1) is 23.0. The summed E-state index contributed by atoms with van der Waals surface area (Å²) < 4.78 is 43.3. The summed E-state index contributed by atoms with van der Waals surface area (Å²) in [5.41, 5.74) is 1.57. The lowest BCUT2D eigenvalue weighted by molar-refractivity contribution is -0.150. The summed E-state index contributed by atoms with van der Waals surface area (Å²) in [6.07, 6.45) is -1.18. The second kappa shape index (κ2) is 9.38. The van der Waals surface area contributed by atoms with Crippen LogP contribution >= 0.6 is 0 Å². The molecule has 2 heterocycles. The van der Waals surface area contributed by atoms with E-state index in [2.05, 4.69) is 5.32 Å². The molecule has 33 heavy (non-hydrogen) atoms. The van der Waals surface area contributed by atoms with Gasteiger partial charge in [-0.1, -0.05) is 17.7 Å². The van der Waals surface area contributed by atoms with Gasteiger partial charge in [-0.2, -0.15) is 4.31 Å². The van der Waals surface area contributed by atoms with E-state index in [1.807, 2.05) is 19.1 Å². The maximum absolute atomic E-state index is 13.2. The highest BCUT2D eigenvalue weighted by Gasteiger charge is 2.44. The average Bonchev–Trinajstić information content (AvgIpc) is 3.21. The van der Waals surface area contributed by atoms with Crippen molar-refractivity contribution in [2.75, 3.05) is 31.7 Å². The minimum atomic E-state index is -4.15. The Morgan fingerprint density at radius 2 is 1.82 bits per heavy atom. The van der Waals surface area contributed by atoms with Gasteiger partial charge < -0.3 is 24.6 Å². The van der Waals surface area contributed by atoms with Gasteiger partial charge in [0.25, 0.3) is 5.91 Å². The van der Waals surface area contributed by atoms with E-state index in [9.17, 15) is 23.1 Å². The third kappa shape index (κ3) is 5.10. The van der Waals surface area contributed by atoms with Crippen molar-refractivity contribution in [1.82, 2.24) is 4.31 Å². The van der Waals surface area contributed by atoms with Crippen LogP contribution in [0.2, 0.25) is 0 Å². The highest BCUT2D eigenvalue weighted by atomic mass is 32.2. The molecule has 1 fully saturated rings. The van der Waals surface area contributed by atoms with E-state index >= 15 is 0 Å². The standard InChI is InChI=1S/C22H24N2O8S/c1-14-2-4-15(5-3-14)23-21(26)13-32-22(27)18-10-16(25)12-24(18)33(28,29)17-6-7-19-20(11-17)31-9-8-30-19/h2-7,11,16,18,25H,8-10,12-13H2,1H3,(H,23,26)/t16?,18-/m0/s1. The number of hydrogen-bond donors (Lipinski definition) is 2. The number of sulfonamides is 1. The number of fused-ring (bicyclic) bond motifs is 1. The van der Waals surface area contributed by atoms with E-state index in [4.69, 9.17) is 14.2 Å². The molecule has 11 heteroatoms. The number of rotatable bonds is 6. The molecule has 2 aromatic carbocycles. The maximum Gasteiger partial charge on any atom is 0.325 e. The zero-order valence-corrected chi connectivity index (χ0v) is 18.7.